The summed E-state index contributed by atoms with van der Waals surface area (Å²) in [5, 5.41) is 0.400. The highest BCUT2D eigenvalue weighted by Gasteiger charge is 2.25. The van der Waals surface area contributed by atoms with Crippen LogP contribution in [0.15, 0.2) is 53.4 Å². The van der Waals surface area contributed by atoms with Crippen molar-refractivity contribution in [3.05, 3.63) is 54.1 Å². The fourth-order valence-electron chi connectivity index (χ4n) is 2.66. The van der Waals surface area contributed by atoms with E-state index in [2.05, 4.69) is 11.7 Å². The molecular weight excluding hydrogens is 332 g/mol. The van der Waals surface area contributed by atoms with Crippen molar-refractivity contribution in [1.82, 2.24) is 0 Å². The van der Waals surface area contributed by atoms with Crippen molar-refractivity contribution < 1.29 is 18.3 Å². The Labute approximate surface area is 143 Å². The lowest BCUT2D eigenvalue weighted by Gasteiger charge is -2.22. The molecule has 1 unspecified atom stereocenters. The van der Waals surface area contributed by atoms with Crippen LogP contribution >= 0.6 is 11.8 Å². The van der Waals surface area contributed by atoms with E-state index in [0.29, 0.717) is 17.4 Å². The molecule has 24 heavy (non-hydrogen) atoms. The second-order valence-electron chi connectivity index (χ2n) is 5.55. The molecule has 0 aliphatic carbocycles. The average molecular weight is 349 g/mol. The lowest BCUT2D eigenvalue weighted by atomic mass is 10.1. The first-order valence-corrected chi connectivity index (χ1v) is 8.55. The predicted octanol–water partition coefficient (Wildman–Crippen LogP) is 4.82. The summed E-state index contributed by atoms with van der Waals surface area (Å²) in [7, 11) is 0. The number of ether oxygens (including phenoxy) is 1. The Bertz CT molecular complexity index is 738. The molecule has 1 aliphatic heterocycles. The quantitative estimate of drug-likeness (QED) is 0.796. The Kier molecular flexibility index (Phi) is 5.04. The van der Waals surface area contributed by atoms with Crippen LogP contribution in [-0.4, -0.2) is 24.3 Å². The van der Waals surface area contributed by atoms with Crippen LogP contribution in [0.1, 0.15) is 23.7 Å². The maximum Gasteiger partial charge on any atom is 0.387 e. The minimum Gasteiger partial charge on any atom is -0.435 e. The summed E-state index contributed by atoms with van der Waals surface area (Å²) in [6.07, 6.45) is 0.859. The maximum atomic E-state index is 12.9. The Morgan fingerprint density at radius 1 is 1.25 bits per heavy atom. The smallest absolute Gasteiger partial charge is 0.387 e. The number of amides is 1. The highest BCUT2D eigenvalue weighted by atomic mass is 32.2. The Hall–Kier alpha value is -2.08. The number of alkyl halides is 2. The van der Waals surface area contributed by atoms with Gasteiger partial charge in [0, 0.05) is 22.3 Å². The summed E-state index contributed by atoms with van der Waals surface area (Å²) in [6.45, 7) is -0.192. The van der Waals surface area contributed by atoms with Gasteiger partial charge in [-0.15, -0.1) is 11.8 Å². The summed E-state index contributed by atoms with van der Waals surface area (Å²) in [5.41, 5.74) is 1.19. The maximum absolute atomic E-state index is 12.9. The Balaban J connectivity index is 1.92. The fraction of sp³-hybridized carbons (Fsp3) is 0.278. The first-order chi connectivity index (χ1) is 11.5. The van der Waals surface area contributed by atoms with Gasteiger partial charge in [0.15, 0.2) is 0 Å². The van der Waals surface area contributed by atoms with Gasteiger partial charge in [0.2, 0.25) is 0 Å². The summed E-state index contributed by atoms with van der Waals surface area (Å²) in [4.78, 5) is 15.7. The molecule has 0 aromatic heterocycles. The number of para-hydroxylation sites is 1. The first-order valence-electron chi connectivity index (χ1n) is 7.67. The van der Waals surface area contributed by atoms with Crippen LogP contribution in [0.3, 0.4) is 0 Å². The van der Waals surface area contributed by atoms with Crippen LogP contribution < -0.4 is 9.64 Å². The van der Waals surface area contributed by atoms with Gasteiger partial charge < -0.3 is 9.64 Å². The zero-order valence-electron chi connectivity index (χ0n) is 13.1. The SMILES string of the molecule is CC1CCN(C(=O)c2cccc(OC(F)F)c2)c2ccccc2S1. The fourth-order valence-corrected chi connectivity index (χ4v) is 3.77. The number of nitrogens with zero attached hydrogens (tertiary/aromatic N) is 1. The normalized spacial score (nSPS) is 17.3. The highest BCUT2D eigenvalue weighted by molar-refractivity contribution is 8.00. The van der Waals surface area contributed by atoms with Crippen molar-refractivity contribution >= 4 is 23.4 Å². The number of thioether (sulfide) groups is 1. The topological polar surface area (TPSA) is 29.5 Å². The molecule has 6 heteroatoms. The number of hydrogen-bond acceptors (Lipinski definition) is 3. The van der Waals surface area contributed by atoms with Gasteiger partial charge in [0.25, 0.3) is 5.91 Å². The van der Waals surface area contributed by atoms with E-state index in [4.69, 9.17) is 0 Å². The van der Waals surface area contributed by atoms with Crippen LogP contribution in [-0.2, 0) is 0 Å². The van der Waals surface area contributed by atoms with Crippen molar-refractivity contribution in [3.63, 3.8) is 0 Å². The highest BCUT2D eigenvalue weighted by Crippen LogP contribution is 2.38. The summed E-state index contributed by atoms with van der Waals surface area (Å²) in [5.74, 6) is -0.224. The number of benzene rings is 2. The molecule has 0 radical (unpaired) electrons. The Morgan fingerprint density at radius 2 is 2.04 bits per heavy atom. The molecular formula is C18H17F2NO2S. The van der Waals surface area contributed by atoms with Gasteiger partial charge in [-0.1, -0.05) is 25.1 Å². The second-order valence-corrected chi connectivity index (χ2v) is 7.03. The van der Waals surface area contributed by atoms with E-state index in [1.165, 1.54) is 12.1 Å². The van der Waals surface area contributed by atoms with Crippen molar-refractivity contribution in [1.29, 1.82) is 0 Å². The molecule has 2 aromatic carbocycles. The van der Waals surface area contributed by atoms with E-state index < -0.39 is 6.61 Å². The van der Waals surface area contributed by atoms with E-state index in [1.54, 1.807) is 28.8 Å². The standard InChI is InChI=1S/C18H17F2NO2S/c1-12-9-10-21(15-7-2-3-8-16(15)24-12)17(22)13-5-4-6-14(11-13)23-18(19)20/h2-8,11-12,18H,9-10H2,1H3. The predicted molar refractivity (Wildman–Crippen MR) is 91.1 cm³/mol. The second kappa shape index (κ2) is 7.21. The monoisotopic (exact) mass is 349 g/mol. The third kappa shape index (κ3) is 3.70. The van der Waals surface area contributed by atoms with Crippen molar-refractivity contribution in [2.45, 2.75) is 30.1 Å². The molecule has 0 saturated heterocycles. The van der Waals surface area contributed by atoms with Gasteiger partial charge in [-0.2, -0.15) is 8.78 Å². The van der Waals surface area contributed by atoms with E-state index in [0.717, 1.165) is 17.0 Å². The molecule has 1 atom stereocenters. The van der Waals surface area contributed by atoms with Gasteiger partial charge in [-0.3, -0.25) is 4.79 Å². The number of carbonyl (C=O) groups excluding carboxylic acids is 1. The van der Waals surface area contributed by atoms with Gasteiger partial charge in [-0.05, 0) is 36.8 Å². The molecule has 0 N–H and O–H groups in total. The van der Waals surface area contributed by atoms with Crippen LogP contribution in [0.25, 0.3) is 0 Å². The molecule has 1 aliphatic rings. The number of carbonyl (C=O) groups is 1. The zero-order chi connectivity index (χ0) is 17.1. The Morgan fingerprint density at radius 3 is 2.83 bits per heavy atom. The molecule has 0 saturated carbocycles. The third-order valence-corrected chi connectivity index (χ3v) is 5.03. The molecule has 1 heterocycles. The minimum absolute atomic E-state index is 0.0123. The zero-order valence-corrected chi connectivity index (χ0v) is 13.9. The van der Waals surface area contributed by atoms with Crippen molar-refractivity contribution in [3.8, 4) is 5.75 Å². The van der Waals surface area contributed by atoms with Crippen LogP contribution in [0.5, 0.6) is 5.75 Å². The molecule has 0 bridgehead atoms. The molecule has 0 spiro atoms. The number of anilines is 1. The summed E-state index contributed by atoms with van der Waals surface area (Å²) >= 11 is 1.74. The molecule has 3 rings (SSSR count). The van der Waals surface area contributed by atoms with Gasteiger partial charge in [-0.25, -0.2) is 0 Å². The van der Waals surface area contributed by atoms with Crippen LogP contribution in [0.2, 0.25) is 0 Å². The first kappa shape index (κ1) is 16.8. The van der Waals surface area contributed by atoms with Crippen molar-refractivity contribution in [2.24, 2.45) is 0 Å². The van der Waals surface area contributed by atoms with Crippen molar-refractivity contribution in [2.75, 3.05) is 11.4 Å². The summed E-state index contributed by atoms with van der Waals surface area (Å²) < 4.78 is 29.2. The van der Waals surface area contributed by atoms with E-state index in [9.17, 15) is 13.6 Å². The van der Waals surface area contributed by atoms with E-state index >= 15 is 0 Å². The van der Waals surface area contributed by atoms with Gasteiger partial charge in [0.05, 0.1) is 5.69 Å². The van der Waals surface area contributed by atoms with E-state index in [-0.39, 0.29) is 11.7 Å². The number of halogens is 2. The number of rotatable bonds is 3. The average Bonchev–Trinajstić information content (AvgIpc) is 2.72. The largest absolute Gasteiger partial charge is 0.435 e. The lowest BCUT2D eigenvalue weighted by Crippen LogP contribution is -2.32. The number of hydrogen-bond donors (Lipinski definition) is 0. The third-order valence-electron chi connectivity index (χ3n) is 3.79. The molecule has 1 amide bonds. The molecule has 3 nitrogen and oxygen atoms in total. The summed E-state index contributed by atoms with van der Waals surface area (Å²) in [6, 6.07) is 13.7. The van der Waals surface area contributed by atoms with Crippen LogP contribution in [0.4, 0.5) is 14.5 Å². The van der Waals surface area contributed by atoms with Gasteiger partial charge >= 0.3 is 6.61 Å². The minimum atomic E-state index is -2.91. The number of fused-ring (bicyclic) bond motifs is 1. The molecule has 0 fully saturated rings. The van der Waals surface area contributed by atoms with Gasteiger partial charge in [0.1, 0.15) is 5.75 Å². The lowest BCUT2D eigenvalue weighted by molar-refractivity contribution is -0.0498. The molecule has 126 valence electrons. The van der Waals surface area contributed by atoms with Crippen LogP contribution in [0, 0.1) is 0 Å². The van der Waals surface area contributed by atoms with E-state index in [1.807, 2.05) is 24.3 Å². The molecule has 2 aromatic rings.